The third-order valence-electron chi connectivity index (χ3n) is 3.04. The molecule has 0 spiro atoms. The summed E-state index contributed by atoms with van der Waals surface area (Å²) in [6.45, 7) is 11.4. The molecule has 2 nitrogen and oxygen atoms in total. The average Bonchev–Trinajstić information content (AvgIpc) is 2.23. The molecule has 0 heterocycles. The summed E-state index contributed by atoms with van der Waals surface area (Å²) in [5.41, 5.74) is 0.325. The molecule has 15 heavy (non-hydrogen) atoms. The number of hydrogen-bond donors (Lipinski definition) is 0. The van der Waals surface area contributed by atoms with Crippen LogP contribution in [0.4, 0.5) is 0 Å². The molecule has 0 bridgehead atoms. The number of allylic oxidation sites excluding steroid dienone is 1. The maximum atomic E-state index is 11.7. The van der Waals surface area contributed by atoms with E-state index in [1.165, 1.54) is 0 Å². The number of ketones is 2. The van der Waals surface area contributed by atoms with Gasteiger partial charge in [-0.2, -0.15) is 0 Å². The molecule has 0 aliphatic heterocycles. The molecule has 0 aliphatic rings. The smallest absolute Gasteiger partial charge is 0.158 e. The zero-order valence-electron chi connectivity index (χ0n) is 10.4. The number of rotatable bonds is 7. The van der Waals surface area contributed by atoms with Crippen molar-refractivity contribution in [3.8, 4) is 0 Å². The monoisotopic (exact) mass is 210 g/mol. The summed E-state index contributed by atoms with van der Waals surface area (Å²) in [7, 11) is 0. The summed E-state index contributed by atoms with van der Waals surface area (Å²) in [4.78, 5) is 23.2. The summed E-state index contributed by atoms with van der Waals surface area (Å²) in [6.07, 6.45) is 2.15. The Morgan fingerprint density at radius 3 is 2.07 bits per heavy atom. The van der Waals surface area contributed by atoms with E-state index in [0.29, 0.717) is 24.8 Å². The highest BCUT2D eigenvalue weighted by molar-refractivity contribution is 5.97. The van der Waals surface area contributed by atoms with Crippen LogP contribution in [0.15, 0.2) is 12.2 Å². The van der Waals surface area contributed by atoms with Crippen molar-refractivity contribution < 1.29 is 9.59 Å². The second-order valence-corrected chi connectivity index (χ2v) is 4.54. The van der Waals surface area contributed by atoms with E-state index in [1.54, 1.807) is 0 Å². The van der Waals surface area contributed by atoms with Crippen molar-refractivity contribution in [3.63, 3.8) is 0 Å². The molecular weight excluding hydrogens is 188 g/mol. The lowest BCUT2D eigenvalue weighted by Crippen LogP contribution is -2.23. The van der Waals surface area contributed by atoms with E-state index in [-0.39, 0.29) is 17.0 Å². The highest BCUT2D eigenvalue weighted by atomic mass is 16.1. The van der Waals surface area contributed by atoms with Crippen molar-refractivity contribution in [1.82, 2.24) is 0 Å². The molecule has 0 atom stereocenters. The van der Waals surface area contributed by atoms with Crippen molar-refractivity contribution in [1.29, 1.82) is 0 Å². The van der Waals surface area contributed by atoms with Gasteiger partial charge in [-0.3, -0.25) is 9.59 Å². The minimum atomic E-state index is -0.298. The number of carbonyl (C=O) groups is 2. The first-order valence-corrected chi connectivity index (χ1v) is 5.59. The van der Waals surface area contributed by atoms with Gasteiger partial charge < -0.3 is 0 Å². The molecule has 0 radical (unpaired) electrons. The first-order valence-electron chi connectivity index (χ1n) is 5.59. The van der Waals surface area contributed by atoms with Gasteiger partial charge in [-0.25, -0.2) is 0 Å². The molecule has 0 rings (SSSR count). The summed E-state index contributed by atoms with van der Waals surface area (Å²) >= 11 is 0. The number of hydrogen-bond acceptors (Lipinski definition) is 2. The van der Waals surface area contributed by atoms with Crippen LogP contribution in [-0.4, -0.2) is 11.6 Å². The minimum absolute atomic E-state index is 0.0257. The second kappa shape index (κ2) is 5.84. The molecule has 0 aromatic rings. The van der Waals surface area contributed by atoms with Crippen LogP contribution >= 0.6 is 0 Å². The Balaban J connectivity index is 4.13. The van der Waals surface area contributed by atoms with E-state index in [4.69, 9.17) is 0 Å². The largest absolute Gasteiger partial charge is 0.299 e. The van der Waals surface area contributed by atoms with Crippen LogP contribution in [0.1, 0.15) is 53.4 Å². The Morgan fingerprint density at radius 2 is 1.67 bits per heavy atom. The van der Waals surface area contributed by atoms with E-state index in [1.807, 2.05) is 27.7 Å². The predicted octanol–water partition coefficient (Wildman–Crippen LogP) is 3.31. The van der Waals surface area contributed by atoms with E-state index >= 15 is 0 Å². The molecule has 0 N–H and O–H groups in total. The van der Waals surface area contributed by atoms with Crippen molar-refractivity contribution >= 4 is 11.6 Å². The van der Waals surface area contributed by atoms with Crippen LogP contribution in [0.3, 0.4) is 0 Å². The van der Waals surface area contributed by atoms with E-state index in [9.17, 15) is 9.59 Å². The first kappa shape index (κ1) is 14.1. The van der Waals surface area contributed by atoms with Gasteiger partial charge in [0.1, 0.15) is 5.78 Å². The van der Waals surface area contributed by atoms with Crippen molar-refractivity contribution in [2.24, 2.45) is 5.41 Å². The zero-order chi connectivity index (χ0) is 12.1. The molecular formula is C13H22O2. The van der Waals surface area contributed by atoms with Crippen LogP contribution in [-0.2, 0) is 9.59 Å². The maximum Gasteiger partial charge on any atom is 0.158 e. The van der Waals surface area contributed by atoms with Crippen LogP contribution < -0.4 is 0 Å². The number of Topliss-reactive ketones (excluding diaryl/α,β-unsaturated/α-hetero) is 2. The van der Waals surface area contributed by atoms with Gasteiger partial charge >= 0.3 is 0 Å². The van der Waals surface area contributed by atoms with Gasteiger partial charge in [-0.1, -0.05) is 34.3 Å². The predicted molar refractivity (Wildman–Crippen MR) is 62.8 cm³/mol. The van der Waals surface area contributed by atoms with Gasteiger partial charge in [0.05, 0.1) is 0 Å². The Bertz CT molecular complexity index is 262. The second-order valence-electron chi connectivity index (χ2n) is 4.54. The molecule has 2 heteroatoms. The third-order valence-corrected chi connectivity index (χ3v) is 3.04. The van der Waals surface area contributed by atoms with Gasteiger partial charge in [-0.05, 0) is 18.4 Å². The van der Waals surface area contributed by atoms with Gasteiger partial charge in [-0.15, -0.1) is 0 Å². The molecule has 0 aromatic heterocycles. The van der Waals surface area contributed by atoms with Crippen molar-refractivity contribution in [2.45, 2.75) is 53.4 Å². The van der Waals surface area contributed by atoms with Gasteiger partial charge in [0.2, 0.25) is 0 Å². The fourth-order valence-corrected chi connectivity index (χ4v) is 1.14. The fraction of sp³-hybridized carbons (Fsp3) is 0.692. The van der Waals surface area contributed by atoms with Gasteiger partial charge in [0.25, 0.3) is 0 Å². The van der Waals surface area contributed by atoms with Crippen LogP contribution in [0.25, 0.3) is 0 Å². The lowest BCUT2D eigenvalue weighted by molar-refractivity contribution is -0.129. The molecule has 0 saturated carbocycles. The van der Waals surface area contributed by atoms with Crippen LogP contribution in [0.2, 0.25) is 0 Å². The number of carbonyl (C=O) groups excluding carboxylic acids is 2. The highest BCUT2D eigenvalue weighted by Gasteiger charge is 2.25. The maximum absolute atomic E-state index is 11.7. The summed E-state index contributed by atoms with van der Waals surface area (Å²) in [5, 5.41) is 0. The third kappa shape index (κ3) is 4.41. The van der Waals surface area contributed by atoms with Gasteiger partial charge in [0, 0.05) is 18.3 Å². The minimum Gasteiger partial charge on any atom is -0.299 e. The average molecular weight is 210 g/mol. The summed E-state index contributed by atoms with van der Waals surface area (Å²) < 4.78 is 0. The molecule has 0 saturated heterocycles. The standard InChI is InChI=1S/C13H22O2/c1-6-10(3)11(14)8-9-12(15)13(4,5)7-2/h3,6-9H2,1-2,4-5H3. The van der Waals surface area contributed by atoms with E-state index < -0.39 is 0 Å². The van der Waals surface area contributed by atoms with Crippen LogP contribution in [0.5, 0.6) is 0 Å². The lowest BCUT2D eigenvalue weighted by Gasteiger charge is -2.20. The van der Waals surface area contributed by atoms with Crippen molar-refractivity contribution in [3.05, 3.63) is 12.2 Å². The van der Waals surface area contributed by atoms with Gasteiger partial charge in [0.15, 0.2) is 5.78 Å². The Hall–Kier alpha value is -0.920. The topological polar surface area (TPSA) is 34.1 Å². The SMILES string of the molecule is C=C(CC)C(=O)CCC(=O)C(C)(C)CC. The van der Waals surface area contributed by atoms with Crippen LogP contribution in [0, 0.1) is 5.41 Å². The quantitative estimate of drug-likeness (QED) is 0.604. The summed E-state index contributed by atoms with van der Waals surface area (Å²) in [5.74, 6) is 0.194. The van der Waals surface area contributed by atoms with Crippen molar-refractivity contribution in [2.75, 3.05) is 0 Å². The zero-order valence-corrected chi connectivity index (χ0v) is 10.4. The lowest BCUT2D eigenvalue weighted by atomic mass is 9.83. The summed E-state index contributed by atoms with van der Waals surface area (Å²) in [6, 6.07) is 0. The van der Waals surface area contributed by atoms with E-state index in [2.05, 4.69) is 6.58 Å². The molecule has 0 aliphatic carbocycles. The molecule has 0 aromatic carbocycles. The molecule has 86 valence electrons. The fourth-order valence-electron chi connectivity index (χ4n) is 1.14. The molecule has 0 fully saturated rings. The Kier molecular flexibility index (Phi) is 5.48. The highest BCUT2D eigenvalue weighted by Crippen LogP contribution is 2.23. The Labute approximate surface area is 92.8 Å². The normalized spacial score (nSPS) is 11.2. The molecule has 0 amide bonds. The first-order chi connectivity index (χ1) is 6.85. The Morgan fingerprint density at radius 1 is 1.13 bits per heavy atom. The van der Waals surface area contributed by atoms with E-state index in [0.717, 1.165) is 6.42 Å². The molecule has 0 unspecified atom stereocenters.